The van der Waals surface area contributed by atoms with E-state index in [0.29, 0.717) is 19.6 Å². The van der Waals surface area contributed by atoms with Gasteiger partial charge in [0, 0.05) is 32.6 Å². The Kier molecular flexibility index (Phi) is 5.66. The van der Waals surface area contributed by atoms with Crippen LogP contribution in [0.5, 0.6) is 0 Å². The van der Waals surface area contributed by atoms with E-state index in [1.54, 1.807) is 0 Å². The van der Waals surface area contributed by atoms with Gasteiger partial charge in [-0.25, -0.2) is 0 Å². The van der Waals surface area contributed by atoms with Crippen LogP contribution >= 0.6 is 0 Å². The minimum absolute atomic E-state index is 0.0859. The zero-order chi connectivity index (χ0) is 19.3. The second-order valence-electron chi connectivity index (χ2n) is 7.38. The average molecular weight is 382 g/mol. The van der Waals surface area contributed by atoms with Crippen molar-refractivity contribution in [2.45, 2.75) is 51.4 Å². The minimum Gasteiger partial charge on any atom is -0.353 e. The third-order valence-corrected chi connectivity index (χ3v) is 5.43. The number of benzene rings is 1. The van der Waals surface area contributed by atoms with Gasteiger partial charge in [-0.1, -0.05) is 30.3 Å². The Balaban J connectivity index is 1.36. The molecule has 2 aliphatic heterocycles. The van der Waals surface area contributed by atoms with Crippen LogP contribution in [0.2, 0.25) is 0 Å². The molecule has 0 spiro atoms. The quantitative estimate of drug-likeness (QED) is 0.764. The summed E-state index contributed by atoms with van der Waals surface area (Å²) in [6.45, 7) is 3.25. The number of fused-ring (bicyclic) bond motifs is 1. The Bertz CT molecular complexity index is 834. The molecule has 2 aliphatic rings. The summed E-state index contributed by atoms with van der Waals surface area (Å²) in [4.78, 5) is 27.0. The van der Waals surface area contributed by atoms with E-state index in [9.17, 15) is 9.59 Å². The molecule has 0 bridgehead atoms. The van der Waals surface area contributed by atoms with E-state index >= 15 is 0 Å². The lowest BCUT2D eigenvalue weighted by Gasteiger charge is -2.34. The summed E-state index contributed by atoms with van der Waals surface area (Å²) < 4.78 is 2.10. The molecule has 8 heteroatoms. The molecule has 1 fully saturated rings. The number of piperazine rings is 1. The van der Waals surface area contributed by atoms with Gasteiger partial charge in [0.15, 0.2) is 5.82 Å². The number of aryl methyl sites for hydroxylation is 1. The van der Waals surface area contributed by atoms with Crippen LogP contribution in [0.1, 0.15) is 36.5 Å². The van der Waals surface area contributed by atoms with Gasteiger partial charge in [-0.15, -0.1) is 10.2 Å². The lowest BCUT2D eigenvalue weighted by atomic mass is 10.1. The third-order valence-electron chi connectivity index (χ3n) is 5.43. The molecular weight excluding hydrogens is 356 g/mol. The van der Waals surface area contributed by atoms with Gasteiger partial charge in [0.05, 0.1) is 19.0 Å². The van der Waals surface area contributed by atoms with Crippen molar-refractivity contribution in [2.75, 3.05) is 13.1 Å². The molecule has 0 unspecified atom stereocenters. The first-order valence-electron chi connectivity index (χ1n) is 9.94. The summed E-state index contributed by atoms with van der Waals surface area (Å²) in [5.41, 5.74) is 1.14. The molecule has 0 radical (unpaired) electrons. The highest BCUT2D eigenvalue weighted by Crippen LogP contribution is 2.15. The van der Waals surface area contributed by atoms with E-state index in [0.717, 1.165) is 49.6 Å². The van der Waals surface area contributed by atoms with Gasteiger partial charge in [-0.3, -0.25) is 14.5 Å². The smallest absolute Gasteiger partial charge is 0.237 e. The van der Waals surface area contributed by atoms with Gasteiger partial charge >= 0.3 is 0 Å². The molecule has 8 nitrogen and oxygen atoms in total. The minimum atomic E-state index is -0.457. The molecular formula is C20H26N6O2. The first-order chi connectivity index (χ1) is 13.7. The van der Waals surface area contributed by atoms with E-state index in [4.69, 9.17) is 0 Å². The Hall–Kier alpha value is -2.74. The van der Waals surface area contributed by atoms with E-state index in [-0.39, 0.29) is 18.2 Å². The van der Waals surface area contributed by atoms with Crippen molar-refractivity contribution in [3.05, 3.63) is 47.5 Å². The number of hydrogen-bond donors (Lipinski definition) is 2. The van der Waals surface area contributed by atoms with Crippen LogP contribution < -0.4 is 10.6 Å². The molecule has 3 heterocycles. The fourth-order valence-electron chi connectivity index (χ4n) is 3.92. The number of amides is 2. The molecule has 2 N–H and O–H groups in total. The average Bonchev–Trinajstić information content (AvgIpc) is 3.13. The van der Waals surface area contributed by atoms with Gasteiger partial charge in [-0.05, 0) is 18.4 Å². The number of rotatable bonds is 6. The Morgan fingerprint density at radius 2 is 2.04 bits per heavy atom. The summed E-state index contributed by atoms with van der Waals surface area (Å²) in [5, 5.41) is 14.2. The van der Waals surface area contributed by atoms with Gasteiger partial charge < -0.3 is 15.2 Å². The molecule has 1 aromatic carbocycles. The summed E-state index contributed by atoms with van der Waals surface area (Å²) in [5.74, 6) is 1.55. The van der Waals surface area contributed by atoms with Crippen molar-refractivity contribution in [1.29, 1.82) is 0 Å². The van der Waals surface area contributed by atoms with Crippen molar-refractivity contribution in [1.82, 2.24) is 30.3 Å². The molecule has 2 aromatic rings. The van der Waals surface area contributed by atoms with Crippen LogP contribution in [-0.4, -0.2) is 50.6 Å². The van der Waals surface area contributed by atoms with E-state index in [1.807, 2.05) is 30.3 Å². The van der Waals surface area contributed by atoms with Gasteiger partial charge in [0.2, 0.25) is 11.8 Å². The van der Waals surface area contributed by atoms with E-state index in [1.165, 1.54) is 0 Å². The largest absolute Gasteiger partial charge is 0.353 e. The van der Waals surface area contributed by atoms with E-state index < -0.39 is 6.04 Å². The molecule has 1 aromatic heterocycles. The molecule has 0 saturated carbocycles. The van der Waals surface area contributed by atoms with E-state index in [2.05, 4.69) is 30.3 Å². The van der Waals surface area contributed by atoms with Crippen LogP contribution in [0.4, 0.5) is 0 Å². The molecule has 1 saturated heterocycles. The maximum atomic E-state index is 12.5. The zero-order valence-corrected chi connectivity index (χ0v) is 15.9. The second kappa shape index (κ2) is 8.52. The topological polar surface area (TPSA) is 92.2 Å². The normalized spacial score (nSPS) is 19.7. The monoisotopic (exact) mass is 382 g/mol. The highest BCUT2D eigenvalue weighted by molar-refractivity contribution is 5.88. The molecule has 1 atom stereocenters. The lowest BCUT2D eigenvalue weighted by Crippen LogP contribution is -2.56. The van der Waals surface area contributed by atoms with Crippen molar-refractivity contribution in [3.63, 3.8) is 0 Å². The fourth-order valence-corrected chi connectivity index (χ4v) is 3.92. The third kappa shape index (κ3) is 4.22. The van der Waals surface area contributed by atoms with Gasteiger partial charge in [-0.2, -0.15) is 0 Å². The first kappa shape index (κ1) is 18.6. The Labute approximate surface area is 164 Å². The number of carbonyl (C=O) groups excluding carboxylic acids is 2. The Morgan fingerprint density at radius 3 is 2.89 bits per heavy atom. The number of nitrogens with zero attached hydrogens (tertiary/aromatic N) is 4. The molecule has 2 amide bonds. The number of nitrogens with one attached hydrogen (secondary N) is 2. The second-order valence-corrected chi connectivity index (χ2v) is 7.38. The van der Waals surface area contributed by atoms with Crippen LogP contribution in [0.15, 0.2) is 30.3 Å². The van der Waals surface area contributed by atoms with Crippen molar-refractivity contribution < 1.29 is 9.59 Å². The number of hydrogen-bond acceptors (Lipinski definition) is 5. The zero-order valence-electron chi connectivity index (χ0n) is 15.9. The Morgan fingerprint density at radius 1 is 1.18 bits per heavy atom. The van der Waals surface area contributed by atoms with Crippen molar-refractivity contribution in [2.24, 2.45) is 0 Å². The van der Waals surface area contributed by atoms with Crippen LogP contribution in [0, 0.1) is 0 Å². The fraction of sp³-hybridized carbons (Fsp3) is 0.500. The van der Waals surface area contributed by atoms with Gasteiger partial charge in [0.25, 0.3) is 0 Å². The number of carbonyl (C=O) groups is 2. The molecule has 148 valence electrons. The summed E-state index contributed by atoms with van der Waals surface area (Å²) in [6.07, 6.45) is 3.33. The maximum Gasteiger partial charge on any atom is 0.237 e. The van der Waals surface area contributed by atoms with Crippen molar-refractivity contribution >= 4 is 11.8 Å². The highest BCUT2D eigenvalue weighted by atomic mass is 16.2. The highest BCUT2D eigenvalue weighted by Gasteiger charge is 2.31. The summed E-state index contributed by atoms with van der Waals surface area (Å²) >= 11 is 0. The maximum absolute atomic E-state index is 12.5. The SMILES string of the molecule is O=C(C[C@@H]1C(=O)NCCN1Cc1ccccc1)NCc1nnc2n1CCCC2. The summed E-state index contributed by atoms with van der Waals surface area (Å²) in [6, 6.07) is 9.57. The lowest BCUT2D eigenvalue weighted by molar-refractivity contribution is -0.134. The predicted octanol–water partition coefficient (Wildman–Crippen LogP) is 0.621. The number of aromatic nitrogens is 3. The van der Waals surface area contributed by atoms with Crippen LogP contribution in [0.25, 0.3) is 0 Å². The first-order valence-corrected chi connectivity index (χ1v) is 9.94. The van der Waals surface area contributed by atoms with Crippen LogP contribution in [-0.2, 0) is 35.6 Å². The van der Waals surface area contributed by atoms with Crippen molar-refractivity contribution in [3.8, 4) is 0 Å². The van der Waals surface area contributed by atoms with Crippen LogP contribution in [0.3, 0.4) is 0 Å². The standard InChI is InChI=1S/C20H26N6O2/c27-19(22-13-18-24-23-17-8-4-5-10-26(17)18)12-16-20(28)21-9-11-25(16)14-15-6-2-1-3-7-15/h1-3,6-7,16H,4-5,8-14H2,(H,21,28)(H,22,27)/t16-/m1/s1. The predicted molar refractivity (Wildman–Crippen MR) is 103 cm³/mol. The molecule has 28 heavy (non-hydrogen) atoms. The molecule has 4 rings (SSSR count). The molecule has 0 aliphatic carbocycles. The summed E-state index contributed by atoms with van der Waals surface area (Å²) in [7, 11) is 0. The van der Waals surface area contributed by atoms with Gasteiger partial charge in [0.1, 0.15) is 5.82 Å².